The Kier molecular flexibility index (Phi) is 9.01. The smallest absolute Gasteiger partial charge is 0.0903 e. The van der Waals surface area contributed by atoms with Crippen LogP contribution in [0.2, 0.25) is 0 Å². The van der Waals surface area contributed by atoms with Crippen LogP contribution in [-0.4, -0.2) is 24.6 Å². The van der Waals surface area contributed by atoms with Gasteiger partial charge in [-0.25, -0.2) is 0 Å². The molecule has 0 spiro atoms. The van der Waals surface area contributed by atoms with Crippen molar-refractivity contribution in [2.75, 3.05) is 24.6 Å². The Morgan fingerprint density at radius 2 is 1.33 bits per heavy atom. The maximum atomic E-state index is 2.42. The van der Waals surface area contributed by atoms with E-state index in [9.17, 15) is 0 Å². The molecule has 0 saturated carbocycles. The third-order valence-electron chi connectivity index (χ3n) is 4.76. The summed E-state index contributed by atoms with van der Waals surface area (Å²) in [6.45, 7) is 4.71. The second-order valence-electron chi connectivity index (χ2n) is 6.65. The third kappa shape index (κ3) is 5.98. The summed E-state index contributed by atoms with van der Waals surface area (Å²) in [7, 11) is -0.0116. The van der Waals surface area contributed by atoms with Crippen LogP contribution >= 0.6 is 15.8 Å². The molecule has 0 nitrogen and oxygen atoms in total. The van der Waals surface area contributed by atoms with Crippen LogP contribution < -0.4 is 10.6 Å². The zero-order valence-electron chi connectivity index (χ0n) is 15.4. The van der Waals surface area contributed by atoms with Crippen molar-refractivity contribution in [2.24, 2.45) is 0 Å². The van der Waals surface area contributed by atoms with Gasteiger partial charge in [0.05, 0.1) is 23.8 Å². The van der Waals surface area contributed by atoms with E-state index in [1.54, 1.807) is 5.30 Å². The molecule has 0 heterocycles. The molecule has 2 unspecified atom stereocenters. The highest BCUT2D eigenvalue weighted by atomic mass is 31.2. The fourth-order valence-electron chi connectivity index (χ4n) is 3.53. The van der Waals surface area contributed by atoms with Gasteiger partial charge < -0.3 is 0 Å². The molecule has 0 aliphatic heterocycles. The van der Waals surface area contributed by atoms with E-state index in [4.69, 9.17) is 0 Å². The van der Waals surface area contributed by atoms with E-state index in [0.29, 0.717) is 0 Å². The van der Waals surface area contributed by atoms with Crippen LogP contribution in [0.25, 0.3) is 0 Å². The van der Waals surface area contributed by atoms with E-state index < -0.39 is 7.26 Å². The summed E-state index contributed by atoms with van der Waals surface area (Å²) < 4.78 is 0. The van der Waals surface area contributed by atoms with Gasteiger partial charge in [0.1, 0.15) is 0 Å². The maximum absolute atomic E-state index is 2.42. The van der Waals surface area contributed by atoms with E-state index in [2.05, 4.69) is 74.5 Å². The van der Waals surface area contributed by atoms with Gasteiger partial charge in [-0.3, -0.25) is 0 Å². The van der Waals surface area contributed by atoms with E-state index in [-0.39, 0.29) is 0 Å². The summed E-state index contributed by atoms with van der Waals surface area (Å²) in [5.74, 6) is 0. The molecule has 0 fully saturated rings. The van der Waals surface area contributed by atoms with Gasteiger partial charge in [-0.2, -0.15) is 0 Å². The molecule has 0 amide bonds. The Morgan fingerprint density at radius 3 is 1.96 bits per heavy atom. The summed E-state index contributed by atoms with van der Waals surface area (Å²) in [4.78, 5) is 0. The van der Waals surface area contributed by atoms with Crippen molar-refractivity contribution in [3.05, 3.63) is 60.7 Å². The van der Waals surface area contributed by atoms with Crippen LogP contribution in [0.3, 0.4) is 0 Å². The van der Waals surface area contributed by atoms with E-state index in [1.807, 2.05) is 0 Å². The normalized spacial score (nSPS) is 14.1. The Hall–Kier alpha value is -0.700. The lowest BCUT2D eigenvalue weighted by Gasteiger charge is -2.27. The number of rotatable bonds is 11. The second kappa shape index (κ2) is 11.0. The molecule has 0 radical (unpaired) electrons. The van der Waals surface area contributed by atoms with Gasteiger partial charge in [0.25, 0.3) is 0 Å². The summed E-state index contributed by atoms with van der Waals surface area (Å²) >= 11 is 0. The van der Waals surface area contributed by atoms with Crippen LogP contribution in [0.5, 0.6) is 0 Å². The lowest BCUT2D eigenvalue weighted by molar-refractivity contribution is 0.880. The molecule has 0 aliphatic rings. The molecule has 2 rings (SSSR count). The minimum atomic E-state index is -0.982. The Morgan fingerprint density at radius 1 is 0.708 bits per heavy atom. The molecule has 24 heavy (non-hydrogen) atoms. The summed E-state index contributed by atoms with van der Waals surface area (Å²) in [5, 5.41) is 3.20. The van der Waals surface area contributed by atoms with Crippen molar-refractivity contribution in [1.82, 2.24) is 0 Å². The average Bonchev–Trinajstić information content (AvgIpc) is 2.65. The molecule has 0 aromatic heterocycles. The average molecular weight is 359 g/mol. The highest BCUT2D eigenvalue weighted by Crippen LogP contribution is 2.59. The third-order valence-corrected chi connectivity index (χ3v) is 11.1. The zero-order valence-corrected chi connectivity index (χ0v) is 17.3. The zero-order chi connectivity index (χ0) is 17.1. The molecular formula is C22H33P2+. The van der Waals surface area contributed by atoms with E-state index in [0.717, 1.165) is 8.58 Å². The fraction of sp³-hybridized carbons (Fsp3) is 0.455. The van der Waals surface area contributed by atoms with Gasteiger partial charge in [-0.05, 0) is 42.9 Å². The van der Waals surface area contributed by atoms with Gasteiger partial charge in [0.15, 0.2) is 0 Å². The number of hydrogen-bond acceptors (Lipinski definition) is 0. The molecule has 2 heteroatoms. The van der Waals surface area contributed by atoms with Crippen LogP contribution in [-0.2, 0) is 0 Å². The standard InChI is InChI=1S/C22H33P2/c1-3-5-19-24(18-4-2,22-15-10-7-11-16-22)20-12-17-23-21-13-8-6-9-14-21/h6-11,13-16,23H,3-5,12,17-20H2,1-2H3/q+1. The van der Waals surface area contributed by atoms with Crippen LogP contribution in [0.4, 0.5) is 0 Å². The molecule has 2 atom stereocenters. The molecule has 0 aliphatic carbocycles. The molecule has 0 bridgehead atoms. The molecule has 2 aromatic rings. The second-order valence-corrected chi connectivity index (χ2v) is 12.2. The minimum Gasteiger partial charge on any atom is -0.0903 e. The topological polar surface area (TPSA) is 0 Å². The van der Waals surface area contributed by atoms with Gasteiger partial charge in [-0.1, -0.05) is 77.4 Å². The molecule has 2 aromatic carbocycles. The van der Waals surface area contributed by atoms with Crippen molar-refractivity contribution in [3.63, 3.8) is 0 Å². The number of hydrogen-bond donors (Lipinski definition) is 0. The summed E-state index contributed by atoms with van der Waals surface area (Å²) in [5.41, 5.74) is 0. The number of benzene rings is 2. The first kappa shape index (κ1) is 19.6. The van der Waals surface area contributed by atoms with Gasteiger partial charge in [0.2, 0.25) is 0 Å². The van der Waals surface area contributed by atoms with Crippen molar-refractivity contribution in [3.8, 4) is 0 Å². The van der Waals surface area contributed by atoms with Crippen molar-refractivity contribution in [2.45, 2.75) is 39.5 Å². The number of unbranched alkanes of at least 4 members (excludes halogenated alkanes) is 1. The molecule has 0 saturated heterocycles. The van der Waals surface area contributed by atoms with E-state index in [1.165, 1.54) is 55.6 Å². The predicted octanol–water partition coefficient (Wildman–Crippen LogP) is 5.93. The van der Waals surface area contributed by atoms with Crippen LogP contribution in [0.15, 0.2) is 60.7 Å². The first-order valence-electron chi connectivity index (χ1n) is 9.51. The fourth-order valence-corrected chi connectivity index (χ4v) is 9.69. The monoisotopic (exact) mass is 359 g/mol. The maximum Gasteiger partial charge on any atom is 0.0939 e. The quantitative estimate of drug-likeness (QED) is 0.344. The van der Waals surface area contributed by atoms with Gasteiger partial charge in [-0.15, -0.1) is 0 Å². The van der Waals surface area contributed by atoms with E-state index >= 15 is 0 Å². The minimum absolute atomic E-state index is 0.970. The van der Waals surface area contributed by atoms with Gasteiger partial charge in [0, 0.05) is 7.26 Å². The van der Waals surface area contributed by atoms with Crippen molar-refractivity contribution in [1.29, 1.82) is 0 Å². The SMILES string of the molecule is CCCC[P+](CCC)(CCCPc1ccccc1)c1ccccc1. The highest BCUT2D eigenvalue weighted by molar-refractivity contribution is 7.82. The van der Waals surface area contributed by atoms with Gasteiger partial charge >= 0.3 is 0 Å². The predicted molar refractivity (Wildman–Crippen MR) is 117 cm³/mol. The Labute approximate surface area is 151 Å². The molecular weight excluding hydrogens is 326 g/mol. The van der Waals surface area contributed by atoms with Crippen molar-refractivity contribution >= 4 is 26.5 Å². The largest absolute Gasteiger partial charge is 0.0939 e. The first-order chi connectivity index (χ1) is 11.8. The highest BCUT2D eigenvalue weighted by Gasteiger charge is 2.37. The van der Waals surface area contributed by atoms with Crippen LogP contribution in [0.1, 0.15) is 39.5 Å². The Balaban J connectivity index is 2.01. The Bertz CT molecular complexity index is 553. The molecule has 0 N–H and O–H groups in total. The summed E-state index contributed by atoms with van der Waals surface area (Å²) in [6.07, 6.45) is 11.1. The lowest BCUT2D eigenvalue weighted by atomic mass is 10.4. The van der Waals surface area contributed by atoms with Crippen LogP contribution in [0, 0.1) is 0 Å². The first-order valence-corrected chi connectivity index (χ1v) is 13.1. The lowest BCUT2D eigenvalue weighted by Crippen LogP contribution is -2.21. The van der Waals surface area contributed by atoms with Crippen molar-refractivity contribution < 1.29 is 0 Å². The summed E-state index contributed by atoms with van der Waals surface area (Å²) in [6, 6.07) is 22.5. The molecule has 130 valence electrons.